The van der Waals surface area contributed by atoms with Gasteiger partial charge < -0.3 is 65.5 Å². The molecular weight excluding hydrogens is 402 g/mol. The van der Waals surface area contributed by atoms with Gasteiger partial charge in [0.05, 0.1) is 19.8 Å². The van der Waals surface area contributed by atoms with Crippen LogP contribution in [0, 0.1) is 0 Å². The van der Waals surface area contributed by atoms with E-state index in [9.17, 15) is 40.5 Å². The van der Waals surface area contributed by atoms with E-state index in [1.54, 1.807) is 0 Å². The van der Waals surface area contributed by atoms with Crippen LogP contribution < -0.4 is 5.73 Å². The van der Waals surface area contributed by atoms with Crippen LogP contribution in [0.25, 0.3) is 0 Å². The van der Waals surface area contributed by atoms with Crippen LogP contribution in [0.1, 0.15) is 0 Å². The first-order chi connectivity index (χ1) is 13.6. The standard InChI is InChI=1S/C15H27NO13/c16-4(13(24)25)3-26-14-11(23)9(21)12(6(2-18)28-14)29-15-10(22)8(20)7(19)5(1-17)27-15/h4-12,14-15,17-23H,1-3,16H2,(H,24,25)/t4?,5-,6-,7+,8+,9-,10-,11-,12-,14-,15+/m1/s1. The number of carbonyl (C=O) groups is 1. The second kappa shape index (κ2) is 10.3. The SMILES string of the molecule is NC(CO[C@@H]1O[C@H](CO)[C@@H](O[C@@H]2O[C@H](CO)[C@H](O)[C@H](O)[C@H]2O)[C@H](O)[C@H]1O)C(=O)O. The van der Waals surface area contributed by atoms with Crippen molar-refractivity contribution in [2.75, 3.05) is 19.8 Å². The van der Waals surface area contributed by atoms with Gasteiger partial charge in [-0.15, -0.1) is 0 Å². The van der Waals surface area contributed by atoms with Crippen molar-refractivity contribution in [3.8, 4) is 0 Å². The average Bonchev–Trinajstić information content (AvgIpc) is 2.70. The fourth-order valence-corrected chi connectivity index (χ4v) is 2.96. The third-order valence-electron chi connectivity index (χ3n) is 4.72. The Balaban J connectivity index is 2.06. The van der Waals surface area contributed by atoms with Gasteiger partial charge in [-0.1, -0.05) is 0 Å². The number of hydrogen-bond donors (Lipinski definition) is 9. The van der Waals surface area contributed by atoms with Crippen LogP contribution in [0.15, 0.2) is 0 Å². The van der Waals surface area contributed by atoms with Crippen LogP contribution in [0.3, 0.4) is 0 Å². The summed E-state index contributed by atoms with van der Waals surface area (Å²) in [5, 5.41) is 77.6. The first-order valence-corrected chi connectivity index (χ1v) is 8.80. The van der Waals surface area contributed by atoms with Gasteiger partial charge in [0.2, 0.25) is 0 Å². The van der Waals surface area contributed by atoms with Crippen molar-refractivity contribution < 1.29 is 64.6 Å². The molecule has 0 aromatic carbocycles. The molecule has 0 bridgehead atoms. The summed E-state index contributed by atoms with van der Waals surface area (Å²) in [6.07, 6.45) is -15.9. The van der Waals surface area contributed by atoms with Crippen molar-refractivity contribution in [3.05, 3.63) is 0 Å². The van der Waals surface area contributed by atoms with Gasteiger partial charge in [-0.2, -0.15) is 0 Å². The lowest BCUT2D eigenvalue weighted by Crippen LogP contribution is -2.64. The normalized spacial score (nSPS) is 44.4. The average molecular weight is 429 g/mol. The molecule has 10 N–H and O–H groups in total. The number of carboxylic acid groups (broad SMARTS) is 1. The third kappa shape index (κ3) is 5.38. The molecule has 170 valence electrons. The van der Waals surface area contributed by atoms with Crippen molar-refractivity contribution in [1.29, 1.82) is 0 Å². The van der Waals surface area contributed by atoms with Crippen LogP contribution in [0.2, 0.25) is 0 Å². The maximum Gasteiger partial charge on any atom is 0.322 e. The van der Waals surface area contributed by atoms with Gasteiger partial charge in [0.1, 0.15) is 54.9 Å². The third-order valence-corrected chi connectivity index (χ3v) is 4.72. The second-order valence-corrected chi connectivity index (χ2v) is 6.78. The number of aliphatic carboxylic acids is 1. The zero-order valence-corrected chi connectivity index (χ0v) is 15.2. The lowest BCUT2D eigenvalue weighted by Gasteiger charge is -2.46. The van der Waals surface area contributed by atoms with E-state index < -0.39 is 93.2 Å². The molecule has 2 aliphatic heterocycles. The highest BCUT2D eigenvalue weighted by atomic mass is 16.7. The van der Waals surface area contributed by atoms with Crippen molar-refractivity contribution in [2.45, 2.75) is 67.5 Å². The van der Waals surface area contributed by atoms with Crippen molar-refractivity contribution in [2.24, 2.45) is 5.73 Å². The predicted octanol–water partition coefficient (Wildman–Crippen LogP) is -5.96. The topological polar surface area (TPSA) is 242 Å². The molecule has 29 heavy (non-hydrogen) atoms. The fourth-order valence-electron chi connectivity index (χ4n) is 2.96. The summed E-state index contributed by atoms with van der Waals surface area (Å²) in [6.45, 7) is -2.00. The fraction of sp³-hybridized carbons (Fsp3) is 0.933. The van der Waals surface area contributed by atoms with Gasteiger partial charge in [-0.25, -0.2) is 0 Å². The first kappa shape index (κ1) is 24.3. The molecule has 0 radical (unpaired) electrons. The van der Waals surface area contributed by atoms with E-state index in [2.05, 4.69) is 0 Å². The molecule has 0 amide bonds. The largest absolute Gasteiger partial charge is 0.480 e. The molecule has 11 atom stereocenters. The second-order valence-electron chi connectivity index (χ2n) is 6.78. The Morgan fingerprint density at radius 1 is 0.862 bits per heavy atom. The van der Waals surface area contributed by atoms with Gasteiger partial charge in [-0.05, 0) is 0 Å². The van der Waals surface area contributed by atoms with Crippen molar-refractivity contribution >= 4 is 5.97 Å². The Morgan fingerprint density at radius 2 is 1.41 bits per heavy atom. The van der Waals surface area contributed by atoms with E-state index in [-0.39, 0.29) is 0 Å². The first-order valence-electron chi connectivity index (χ1n) is 8.80. The summed E-state index contributed by atoms with van der Waals surface area (Å²) in [5.74, 6) is -1.36. The molecule has 1 unspecified atom stereocenters. The molecule has 0 aliphatic carbocycles. The Labute approximate surface area is 164 Å². The summed E-state index contributed by atoms with van der Waals surface area (Å²) in [7, 11) is 0. The summed E-state index contributed by atoms with van der Waals surface area (Å²) in [4.78, 5) is 10.7. The summed E-state index contributed by atoms with van der Waals surface area (Å²) in [6, 6.07) is -1.42. The highest BCUT2D eigenvalue weighted by Crippen LogP contribution is 2.29. The molecule has 2 aliphatic rings. The van der Waals surface area contributed by atoms with Crippen LogP contribution >= 0.6 is 0 Å². The van der Waals surface area contributed by atoms with E-state index in [0.29, 0.717) is 0 Å². The highest BCUT2D eigenvalue weighted by molar-refractivity contribution is 5.73. The molecule has 14 heteroatoms. The van der Waals surface area contributed by atoms with Crippen LogP contribution in [-0.4, -0.2) is 134 Å². The summed E-state index contributed by atoms with van der Waals surface area (Å²) < 4.78 is 20.9. The Kier molecular flexibility index (Phi) is 8.65. The van der Waals surface area contributed by atoms with E-state index >= 15 is 0 Å². The molecule has 0 aromatic heterocycles. The van der Waals surface area contributed by atoms with E-state index in [1.165, 1.54) is 0 Å². The van der Waals surface area contributed by atoms with E-state index in [0.717, 1.165) is 0 Å². The van der Waals surface area contributed by atoms with Crippen LogP contribution in [-0.2, 0) is 23.7 Å². The van der Waals surface area contributed by atoms with Crippen molar-refractivity contribution in [3.63, 3.8) is 0 Å². The van der Waals surface area contributed by atoms with E-state index in [1.807, 2.05) is 0 Å². The highest BCUT2D eigenvalue weighted by Gasteiger charge is 2.50. The molecule has 2 saturated heterocycles. The summed E-state index contributed by atoms with van der Waals surface area (Å²) >= 11 is 0. The molecule has 0 saturated carbocycles. The van der Waals surface area contributed by atoms with Crippen LogP contribution in [0.5, 0.6) is 0 Å². The zero-order valence-electron chi connectivity index (χ0n) is 15.2. The maximum atomic E-state index is 10.7. The van der Waals surface area contributed by atoms with Crippen LogP contribution in [0.4, 0.5) is 0 Å². The molecule has 0 spiro atoms. The molecule has 2 heterocycles. The molecular formula is C15H27NO13. The smallest absolute Gasteiger partial charge is 0.322 e. The van der Waals surface area contributed by atoms with E-state index in [4.69, 9.17) is 29.8 Å². The van der Waals surface area contributed by atoms with Gasteiger partial charge in [0.25, 0.3) is 0 Å². The minimum absolute atomic E-state index is 0.555. The number of rotatable bonds is 8. The lowest BCUT2D eigenvalue weighted by atomic mass is 9.97. The molecule has 2 fully saturated rings. The number of carboxylic acids is 1. The van der Waals surface area contributed by atoms with Gasteiger partial charge in [0.15, 0.2) is 12.6 Å². The minimum Gasteiger partial charge on any atom is -0.480 e. The lowest BCUT2D eigenvalue weighted by molar-refractivity contribution is -0.359. The quantitative estimate of drug-likeness (QED) is 0.174. The number of hydrogen-bond acceptors (Lipinski definition) is 13. The Hall–Kier alpha value is -1.01. The van der Waals surface area contributed by atoms with Crippen molar-refractivity contribution in [1.82, 2.24) is 0 Å². The predicted molar refractivity (Wildman–Crippen MR) is 88.0 cm³/mol. The molecule has 2 rings (SSSR count). The monoisotopic (exact) mass is 429 g/mol. The molecule has 14 nitrogen and oxygen atoms in total. The number of aliphatic hydroxyl groups is 7. The van der Waals surface area contributed by atoms with Gasteiger partial charge in [0, 0.05) is 0 Å². The summed E-state index contributed by atoms with van der Waals surface area (Å²) in [5.41, 5.74) is 5.29. The Bertz CT molecular complexity index is 534. The number of aliphatic hydroxyl groups excluding tert-OH is 7. The van der Waals surface area contributed by atoms with Gasteiger partial charge >= 0.3 is 5.97 Å². The van der Waals surface area contributed by atoms with Gasteiger partial charge in [-0.3, -0.25) is 4.79 Å². The Morgan fingerprint density at radius 3 is 1.97 bits per heavy atom. The number of nitrogens with two attached hydrogens (primary N) is 1. The zero-order chi connectivity index (χ0) is 21.9. The molecule has 0 aromatic rings. The maximum absolute atomic E-state index is 10.7. The minimum atomic E-state index is -1.78. The number of ether oxygens (including phenoxy) is 4.